The second-order valence-electron chi connectivity index (χ2n) is 10.8. The third-order valence-electron chi connectivity index (χ3n) is 6.98. The summed E-state index contributed by atoms with van der Waals surface area (Å²) in [6, 6.07) is 14.0. The Morgan fingerprint density at radius 3 is 2.64 bits per heavy atom. The Morgan fingerprint density at radius 2 is 1.88 bits per heavy atom. The minimum atomic E-state index is -0.490. The van der Waals surface area contributed by atoms with Crippen molar-refractivity contribution in [3.63, 3.8) is 0 Å². The molecule has 0 unspecified atom stereocenters. The Hall–Kier alpha value is -3.68. The van der Waals surface area contributed by atoms with Gasteiger partial charge in [0.25, 0.3) is 5.91 Å². The van der Waals surface area contributed by atoms with E-state index >= 15 is 0 Å². The maximum atomic E-state index is 14.8. The van der Waals surface area contributed by atoms with Crippen molar-refractivity contribution in [3.8, 4) is 11.8 Å². The molecule has 224 valence electrons. The first kappa shape index (κ1) is 32.8. The zero-order valence-corrected chi connectivity index (χ0v) is 25.8. The number of benzene rings is 2. The fraction of sp³-hybridized carbons (Fsp3) is 0.406. The Kier molecular flexibility index (Phi) is 12.6. The van der Waals surface area contributed by atoms with Crippen molar-refractivity contribution in [2.75, 3.05) is 46.9 Å². The summed E-state index contributed by atoms with van der Waals surface area (Å²) < 4.78 is 22.6. The second kappa shape index (κ2) is 16.1. The number of hydrogen-bond donors (Lipinski definition) is 1. The standard InChI is InChI=1S/C32H37FN4O4.BrH/c1-37(2,20-10-11-21-40-29-17-22-41-35-29)19-9-4-3-8-18-34-32(39)27-24-36(23-25-13-6-5-7-14-25)30-26(31(27)38)15-12-16-28(30)33;/h5-7,12-16,24H,3-4,8-9,17-23H2,1-2H3;1H. The number of fused-ring (bicyclic) bond motifs is 1. The number of halogens is 2. The number of rotatable bonds is 12. The molecule has 10 heteroatoms. The third-order valence-corrected chi connectivity index (χ3v) is 6.98. The van der Waals surface area contributed by atoms with Crippen molar-refractivity contribution < 1.29 is 40.2 Å². The lowest BCUT2D eigenvalue weighted by molar-refractivity contribution is -0.883. The molecule has 0 saturated carbocycles. The number of carbonyl (C=O) groups is 1. The number of hydrogen-bond acceptors (Lipinski definition) is 5. The van der Waals surface area contributed by atoms with Crippen LogP contribution in [0.1, 0.15) is 48.0 Å². The van der Waals surface area contributed by atoms with Crippen LogP contribution in [0.5, 0.6) is 0 Å². The molecular formula is C32H38BrFN4O4. The molecule has 42 heavy (non-hydrogen) atoms. The zero-order chi connectivity index (χ0) is 29.1. The van der Waals surface area contributed by atoms with E-state index in [0.29, 0.717) is 38.6 Å². The molecule has 8 nitrogen and oxygen atoms in total. The number of nitrogens with one attached hydrogen (secondary N) is 1. The van der Waals surface area contributed by atoms with Crippen LogP contribution in [0, 0.1) is 17.7 Å². The second-order valence-corrected chi connectivity index (χ2v) is 10.8. The van der Waals surface area contributed by atoms with Gasteiger partial charge in [0.2, 0.25) is 11.3 Å². The molecule has 0 aliphatic carbocycles. The lowest BCUT2D eigenvalue weighted by atomic mass is 10.1. The molecule has 3 aromatic rings. The predicted molar refractivity (Wildman–Crippen MR) is 158 cm³/mol. The van der Waals surface area contributed by atoms with Crippen molar-refractivity contribution in [2.45, 2.75) is 38.6 Å². The van der Waals surface area contributed by atoms with Crippen molar-refractivity contribution in [1.82, 2.24) is 9.88 Å². The maximum Gasteiger partial charge on any atom is 0.256 e. The summed E-state index contributed by atoms with van der Waals surface area (Å²) in [5.41, 5.74) is 0.708. The van der Waals surface area contributed by atoms with Gasteiger partial charge in [-0.05, 0) is 42.9 Å². The van der Waals surface area contributed by atoms with Crippen LogP contribution in [0.3, 0.4) is 0 Å². The van der Waals surface area contributed by atoms with Crippen molar-refractivity contribution in [1.29, 1.82) is 0 Å². The molecule has 1 N–H and O–H groups in total. The normalized spacial score (nSPS) is 12.5. The van der Waals surface area contributed by atoms with Gasteiger partial charge in [0, 0.05) is 24.7 Å². The number of ether oxygens (including phenoxy) is 1. The van der Waals surface area contributed by atoms with E-state index in [1.54, 1.807) is 10.6 Å². The van der Waals surface area contributed by atoms with Crippen LogP contribution in [0.15, 0.2) is 64.7 Å². The van der Waals surface area contributed by atoms with Gasteiger partial charge in [-0.1, -0.05) is 53.9 Å². The van der Waals surface area contributed by atoms with E-state index in [9.17, 15) is 14.0 Å². The van der Waals surface area contributed by atoms with Gasteiger partial charge in [-0.2, -0.15) is 0 Å². The van der Waals surface area contributed by atoms with E-state index in [0.717, 1.165) is 48.8 Å². The molecule has 1 amide bonds. The minimum absolute atomic E-state index is 0. The highest BCUT2D eigenvalue weighted by atomic mass is 79.9. The summed E-state index contributed by atoms with van der Waals surface area (Å²) in [6.07, 6.45) is 6.03. The van der Waals surface area contributed by atoms with E-state index in [1.165, 1.54) is 18.3 Å². The molecule has 0 spiro atoms. The predicted octanol–water partition coefficient (Wildman–Crippen LogP) is 1.31. The van der Waals surface area contributed by atoms with Gasteiger partial charge < -0.3 is 40.9 Å². The van der Waals surface area contributed by atoms with Gasteiger partial charge in [-0.3, -0.25) is 9.59 Å². The lowest BCUT2D eigenvalue weighted by Crippen LogP contribution is -3.00. The lowest BCUT2D eigenvalue weighted by Gasteiger charge is -2.27. The zero-order valence-electron chi connectivity index (χ0n) is 24.2. The highest BCUT2D eigenvalue weighted by molar-refractivity contribution is 5.97. The number of pyridine rings is 1. The first-order valence-corrected chi connectivity index (χ1v) is 14.1. The fourth-order valence-electron chi connectivity index (χ4n) is 4.71. The molecule has 0 atom stereocenters. The summed E-state index contributed by atoms with van der Waals surface area (Å²) >= 11 is 0. The topological polar surface area (TPSA) is 81.9 Å². The minimum Gasteiger partial charge on any atom is -1.00 e. The Bertz CT molecular complexity index is 1500. The van der Waals surface area contributed by atoms with Crippen molar-refractivity contribution >= 4 is 22.7 Å². The number of quaternary nitrogens is 1. The number of unbranched alkanes of at least 4 members (excludes halogenated alkanes) is 3. The molecule has 1 aromatic heterocycles. The highest BCUT2D eigenvalue weighted by Crippen LogP contribution is 2.18. The number of para-hydroxylation sites is 1. The first-order valence-electron chi connectivity index (χ1n) is 14.1. The highest BCUT2D eigenvalue weighted by Gasteiger charge is 2.18. The average Bonchev–Trinajstić information content (AvgIpc) is 3.48. The van der Waals surface area contributed by atoms with Gasteiger partial charge in [-0.15, -0.1) is 0 Å². The molecule has 0 fully saturated rings. The maximum absolute atomic E-state index is 14.8. The number of oxime groups is 1. The van der Waals surface area contributed by atoms with Gasteiger partial charge >= 0.3 is 0 Å². The monoisotopic (exact) mass is 640 g/mol. The summed E-state index contributed by atoms with van der Waals surface area (Å²) in [6.45, 7) is 3.44. The summed E-state index contributed by atoms with van der Waals surface area (Å²) in [5, 5.41) is 6.86. The molecular weight excluding hydrogens is 603 g/mol. The van der Waals surface area contributed by atoms with Crippen LogP contribution in [0.25, 0.3) is 10.9 Å². The van der Waals surface area contributed by atoms with E-state index in [-0.39, 0.29) is 33.4 Å². The summed E-state index contributed by atoms with van der Waals surface area (Å²) in [5.74, 6) is 5.90. The molecule has 2 heterocycles. The first-order chi connectivity index (χ1) is 19.8. The van der Waals surface area contributed by atoms with Crippen LogP contribution in [0.4, 0.5) is 4.39 Å². The largest absolute Gasteiger partial charge is 1.00 e. The summed E-state index contributed by atoms with van der Waals surface area (Å²) in [4.78, 5) is 31.0. The Morgan fingerprint density at radius 1 is 1.10 bits per heavy atom. The van der Waals surface area contributed by atoms with Crippen LogP contribution < -0.4 is 27.7 Å². The van der Waals surface area contributed by atoms with E-state index in [4.69, 9.17) is 9.57 Å². The van der Waals surface area contributed by atoms with Gasteiger partial charge in [-0.25, -0.2) is 4.39 Å². The van der Waals surface area contributed by atoms with Crippen molar-refractivity contribution in [3.05, 3.63) is 81.9 Å². The van der Waals surface area contributed by atoms with Gasteiger partial charge in [0.1, 0.15) is 24.5 Å². The summed E-state index contributed by atoms with van der Waals surface area (Å²) in [7, 11) is 4.31. The molecule has 0 saturated heterocycles. The van der Waals surface area contributed by atoms with E-state index in [1.807, 2.05) is 30.3 Å². The number of carbonyl (C=O) groups excluding carboxylic acids is 1. The van der Waals surface area contributed by atoms with Crippen LogP contribution in [-0.4, -0.2) is 67.8 Å². The third kappa shape index (κ3) is 9.43. The van der Waals surface area contributed by atoms with Crippen molar-refractivity contribution in [2.24, 2.45) is 5.16 Å². The SMILES string of the molecule is C[N+](C)(CC#CCOC1=NOCC1)CCCCCCNC(=O)c1cn(Cc2ccccc2)c2c(F)cccc2c1=O.[Br-]. The molecule has 0 radical (unpaired) electrons. The smallest absolute Gasteiger partial charge is 0.256 e. The molecule has 1 aliphatic rings. The fourth-order valence-corrected chi connectivity index (χ4v) is 4.71. The number of nitrogens with zero attached hydrogens (tertiary/aromatic N) is 3. The molecule has 1 aliphatic heterocycles. The van der Waals surface area contributed by atoms with Crippen LogP contribution in [0.2, 0.25) is 0 Å². The molecule has 0 bridgehead atoms. The molecule has 4 rings (SSSR count). The van der Waals surface area contributed by atoms with E-state index in [2.05, 4.69) is 36.4 Å². The van der Waals surface area contributed by atoms with E-state index < -0.39 is 17.2 Å². The van der Waals surface area contributed by atoms with Crippen LogP contribution >= 0.6 is 0 Å². The van der Waals surface area contributed by atoms with Gasteiger partial charge in [0.05, 0.1) is 32.6 Å². The number of amides is 1. The average molecular weight is 642 g/mol. The quantitative estimate of drug-likeness (QED) is 0.184. The Balaban J connectivity index is 0.00000484. The molecule has 2 aromatic carbocycles. The van der Waals surface area contributed by atoms with Gasteiger partial charge in [0.15, 0.2) is 6.61 Å². The number of aromatic nitrogens is 1. The van der Waals surface area contributed by atoms with Crippen LogP contribution in [-0.2, 0) is 16.1 Å². The Labute approximate surface area is 256 Å².